The second-order valence-electron chi connectivity index (χ2n) is 5.85. The number of hydrogen-bond donors (Lipinski definition) is 2. The van der Waals surface area contributed by atoms with E-state index in [1.54, 1.807) is 36.0 Å². The van der Waals surface area contributed by atoms with Crippen LogP contribution in [0.3, 0.4) is 0 Å². The highest BCUT2D eigenvalue weighted by atomic mass is 32.2. The molecule has 2 aromatic carbocycles. The van der Waals surface area contributed by atoms with E-state index in [-0.39, 0.29) is 18.4 Å². The van der Waals surface area contributed by atoms with Crippen molar-refractivity contribution in [2.45, 2.75) is 19.2 Å². The first-order valence-electron chi connectivity index (χ1n) is 8.17. The summed E-state index contributed by atoms with van der Waals surface area (Å²) in [5, 5.41) is 5.59. The van der Waals surface area contributed by atoms with Crippen molar-refractivity contribution in [1.29, 1.82) is 0 Å². The Morgan fingerprint density at radius 2 is 1.81 bits per heavy atom. The number of aromatic nitrogens is 2. The second kappa shape index (κ2) is 8.05. The fourth-order valence-corrected chi connectivity index (χ4v) is 3.24. The molecule has 0 bridgehead atoms. The molecule has 0 aliphatic rings. The monoisotopic (exact) mass is 368 g/mol. The first-order chi connectivity index (χ1) is 12.6. The number of imidazole rings is 1. The number of carbonyl (C=O) groups is 2. The molecule has 2 N–H and O–H groups in total. The molecule has 134 valence electrons. The maximum atomic E-state index is 12.6. The van der Waals surface area contributed by atoms with Gasteiger partial charge in [0.1, 0.15) is 12.4 Å². The van der Waals surface area contributed by atoms with Crippen LogP contribution in [0.1, 0.15) is 12.7 Å². The van der Waals surface area contributed by atoms with Crippen molar-refractivity contribution in [3.63, 3.8) is 0 Å². The summed E-state index contributed by atoms with van der Waals surface area (Å²) < 4.78 is 1.94. The lowest BCUT2D eigenvalue weighted by atomic mass is 10.2. The molecule has 0 aliphatic heterocycles. The fourth-order valence-electron chi connectivity index (χ4n) is 2.76. The molecule has 1 heterocycles. The van der Waals surface area contributed by atoms with Gasteiger partial charge in [-0.2, -0.15) is 11.8 Å². The SMILES string of the molecule is CSCc1nc2ccccc2n1CC(=O)Nc1cccc(NC(C)=O)c1. The Kier molecular flexibility index (Phi) is 5.58. The molecule has 26 heavy (non-hydrogen) atoms. The number of nitrogens with one attached hydrogen (secondary N) is 2. The van der Waals surface area contributed by atoms with Crippen molar-refractivity contribution in [3.8, 4) is 0 Å². The molecule has 2 amide bonds. The van der Waals surface area contributed by atoms with Crippen molar-refractivity contribution in [2.24, 2.45) is 0 Å². The van der Waals surface area contributed by atoms with Crippen LogP contribution >= 0.6 is 11.8 Å². The minimum atomic E-state index is -0.153. The van der Waals surface area contributed by atoms with E-state index in [2.05, 4.69) is 15.6 Å². The van der Waals surface area contributed by atoms with Gasteiger partial charge in [-0.15, -0.1) is 0 Å². The van der Waals surface area contributed by atoms with Crippen molar-refractivity contribution in [1.82, 2.24) is 9.55 Å². The van der Waals surface area contributed by atoms with E-state index in [4.69, 9.17) is 0 Å². The van der Waals surface area contributed by atoms with Crippen LogP contribution < -0.4 is 10.6 Å². The highest BCUT2D eigenvalue weighted by Gasteiger charge is 2.13. The van der Waals surface area contributed by atoms with E-state index < -0.39 is 0 Å². The van der Waals surface area contributed by atoms with Crippen LogP contribution in [-0.4, -0.2) is 27.6 Å². The number of fused-ring (bicyclic) bond motifs is 1. The number of carbonyl (C=O) groups excluding carboxylic acids is 2. The van der Waals surface area contributed by atoms with E-state index in [9.17, 15) is 9.59 Å². The molecule has 3 rings (SSSR count). The maximum absolute atomic E-state index is 12.6. The van der Waals surface area contributed by atoms with Gasteiger partial charge in [0.15, 0.2) is 0 Å². The zero-order chi connectivity index (χ0) is 18.5. The van der Waals surface area contributed by atoms with Crippen LogP contribution in [0.5, 0.6) is 0 Å². The van der Waals surface area contributed by atoms with E-state index in [1.165, 1.54) is 6.92 Å². The van der Waals surface area contributed by atoms with Crippen molar-refractivity contribution >= 4 is 46.0 Å². The summed E-state index contributed by atoms with van der Waals surface area (Å²) in [6.45, 7) is 1.63. The zero-order valence-corrected chi connectivity index (χ0v) is 15.5. The van der Waals surface area contributed by atoms with Gasteiger partial charge in [-0.05, 0) is 36.6 Å². The topological polar surface area (TPSA) is 76.0 Å². The van der Waals surface area contributed by atoms with Gasteiger partial charge < -0.3 is 15.2 Å². The van der Waals surface area contributed by atoms with E-state index >= 15 is 0 Å². The number of thioether (sulfide) groups is 1. The highest BCUT2D eigenvalue weighted by Crippen LogP contribution is 2.20. The lowest BCUT2D eigenvalue weighted by Gasteiger charge is -2.11. The number of rotatable bonds is 6. The number of hydrogen-bond acceptors (Lipinski definition) is 4. The van der Waals surface area contributed by atoms with Crippen molar-refractivity contribution in [2.75, 3.05) is 16.9 Å². The van der Waals surface area contributed by atoms with Gasteiger partial charge in [-0.25, -0.2) is 4.98 Å². The number of para-hydroxylation sites is 2. The van der Waals surface area contributed by atoms with Gasteiger partial charge in [0.2, 0.25) is 11.8 Å². The Morgan fingerprint density at radius 3 is 2.54 bits per heavy atom. The summed E-state index contributed by atoms with van der Waals surface area (Å²) in [7, 11) is 0. The van der Waals surface area contributed by atoms with Crippen molar-refractivity contribution in [3.05, 3.63) is 54.4 Å². The van der Waals surface area contributed by atoms with Crippen LogP contribution in [0.4, 0.5) is 11.4 Å². The summed E-state index contributed by atoms with van der Waals surface area (Å²) in [4.78, 5) is 28.4. The van der Waals surface area contributed by atoms with Crippen LogP contribution in [0, 0.1) is 0 Å². The Balaban J connectivity index is 1.79. The Labute approximate surface area is 156 Å². The number of nitrogens with zero attached hydrogens (tertiary/aromatic N) is 2. The lowest BCUT2D eigenvalue weighted by Crippen LogP contribution is -2.20. The molecule has 0 saturated heterocycles. The zero-order valence-electron chi connectivity index (χ0n) is 14.7. The predicted molar refractivity (Wildman–Crippen MR) is 106 cm³/mol. The summed E-state index contributed by atoms with van der Waals surface area (Å²) >= 11 is 1.67. The third-order valence-electron chi connectivity index (χ3n) is 3.78. The van der Waals surface area contributed by atoms with Gasteiger partial charge in [0.25, 0.3) is 0 Å². The molecular weight excluding hydrogens is 348 g/mol. The average Bonchev–Trinajstić information content (AvgIpc) is 2.92. The standard InChI is InChI=1S/C19H20N4O2S/c1-13(24)20-14-6-5-7-15(10-14)21-19(25)11-23-17-9-4-3-8-16(17)22-18(23)12-26-2/h3-10H,11-12H2,1-2H3,(H,20,24)(H,21,25). The Bertz CT molecular complexity index is 952. The minimum absolute atomic E-state index is 0.143. The third kappa shape index (κ3) is 4.23. The summed E-state index contributed by atoms with van der Waals surface area (Å²) in [5.41, 5.74) is 3.11. The number of benzene rings is 2. The minimum Gasteiger partial charge on any atom is -0.326 e. The molecule has 0 saturated carbocycles. The Hall–Kier alpha value is -2.80. The van der Waals surface area contributed by atoms with Gasteiger partial charge in [-0.1, -0.05) is 18.2 Å². The lowest BCUT2D eigenvalue weighted by molar-refractivity contribution is -0.116. The smallest absolute Gasteiger partial charge is 0.244 e. The summed E-state index contributed by atoms with van der Waals surface area (Å²) in [5.74, 6) is 1.32. The summed E-state index contributed by atoms with van der Waals surface area (Å²) in [6.07, 6.45) is 2.01. The van der Waals surface area contributed by atoms with Gasteiger partial charge in [-0.3, -0.25) is 9.59 Å². The molecule has 0 fully saturated rings. The van der Waals surface area contributed by atoms with Crippen LogP contribution in [0.25, 0.3) is 11.0 Å². The van der Waals surface area contributed by atoms with Crippen LogP contribution in [-0.2, 0) is 21.9 Å². The van der Waals surface area contributed by atoms with Gasteiger partial charge >= 0.3 is 0 Å². The molecule has 6 nitrogen and oxygen atoms in total. The molecule has 3 aromatic rings. The maximum Gasteiger partial charge on any atom is 0.244 e. The molecule has 0 atom stereocenters. The normalized spacial score (nSPS) is 10.7. The van der Waals surface area contributed by atoms with Crippen LogP contribution in [0.2, 0.25) is 0 Å². The third-order valence-corrected chi connectivity index (χ3v) is 4.32. The quantitative estimate of drug-likeness (QED) is 0.698. The average molecular weight is 368 g/mol. The molecular formula is C19H20N4O2S. The molecule has 0 aliphatic carbocycles. The molecule has 1 aromatic heterocycles. The number of anilines is 2. The van der Waals surface area contributed by atoms with Crippen LogP contribution in [0.15, 0.2) is 48.5 Å². The highest BCUT2D eigenvalue weighted by molar-refractivity contribution is 7.97. The van der Waals surface area contributed by atoms with E-state index in [0.29, 0.717) is 11.4 Å². The largest absolute Gasteiger partial charge is 0.326 e. The fraction of sp³-hybridized carbons (Fsp3) is 0.211. The first-order valence-corrected chi connectivity index (χ1v) is 9.57. The molecule has 0 spiro atoms. The first kappa shape index (κ1) is 18.0. The van der Waals surface area contributed by atoms with E-state index in [0.717, 1.165) is 22.6 Å². The van der Waals surface area contributed by atoms with Gasteiger partial charge in [0.05, 0.1) is 16.8 Å². The molecule has 0 radical (unpaired) electrons. The predicted octanol–water partition coefficient (Wildman–Crippen LogP) is 3.50. The number of amides is 2. The molecule has 0 unspecified atom stereocenters. The molecule has 7 heteroatoms. The summed E-state index contributed by atoms with van der Waals surface area (Å²) in [6, 6.07) is 14.9. The van der Waals surface area contributed by atoms with E-state index in [1.807, 2.05) is 35.1 Å². The second-order valence-corrected chi connectivity index (χ2v) is 6.71. The Morgan fingerprint density at radius 1 is 1.08 bits per heavy atom. The van der Waals surface area contributed by atoms with Crippen molar-refractivity contribution < 1.29 is 9.59 Å². The van der Waals surface area contributed by atoms with Gasteiger partial charge in [0, 0.05) is 18.3 Å².